The molecule has 0 aromatic heterocycles. The first-order valence-electron chi connectivity index (χ1n) is 5.95. The standard InChI is InChI=1S/C15H10ClF3NO/c16-14-6-4-11(5-7-14)9-20-21-10-12-2-1-3-13(8-12)15(17,18)19/h1-8H,10H2. The average molecular weight is 313 g/mol. The second kappa shape index (κ2) is 6.63. The van der Waals surface area contributed by atoms with Crippen molar-refractivity contribution in [1.29, 1.82) is 0 Å². The van der Waals surface area contributed by atoms with Gasteiger partial charge in [-0.25, -0.2) is 0 Å². The fraction of sp³-hybridized carbons (Fsp3) is 0.133. The van der Waals surface area contributed by atoms with Gasteiger partial charge in [-0.1, -0.05) is 41.0 Å². The molecule has 0 spiro atoms. The number of alkyl halides is 3. The predicted molar refractivity (Wildman–Crippen MR) is 74.2 cm³/mol. The fourth-order valence-corrected chi connectivity index (χ4v) is 1.68. The van der Waals surface area contributed by atoms with E-state index in [4.69, 9.17) is 16.4 Å². The van der Waals surface area contributed by atoms with E-state index in [-0.39, 0.29) is 6.61 Å². The van der Waals surface area contributed by atoms with Gasteiger partial charge in [-0.05, 0) is 29.8 Å². The minimum Gasteiger partial charge on any atom is -0.390 e. The highest BCUT2D eigenvalue weighted by atomic mass is 35.5. The summed E-state index contributed by atoms with van der Waals surface area (Å²) < 4.78 is 37.6. The van der Waals surface area contributed by atoms with Crippen LogP contribution in [0.5, 0.6) is 0 Å². The third-order valence-corrected chi connectivity index (χ3v) is 2.82. The van der Waals surface area contributed by atoms with E-state index in [1.807, 2.05) is 0 Å². The number of benzene rings is 2. The summed E-state index contributed by atoms with van der Waals surface area (Å²) in [6.07, 6.45) is -1.76. The zero-order valence-corrected chi connectivity index (χ0v) is 11.4. The molecule has 0 saturated carbocycles. The first kappa shape index (κ1) is 15.4. The molecule has 2 aromatic rings. The molecule has 2 nitrogen and oxygen atoms in total. The quantitative estimate of drug-likeness (QED) is 0.588. The Labute approximate surface area is 124 Å². The van der Waals surface area contributed by atoms with Gasteiger partial charge < -0.3 is 4.84 Å². The van der Waals surface area contributed by atoms with E-state index >= 15 is 0 Å². The lowest BCUT2D eigenvalue weighted by atomic mass is 10.1. The maximum Gasteiger partial charge on any atom is 0.416 e. The van der Waals surface area contributed by atoms with Crippen molar-refractivity contribution in [1.82, 2.24) is 0 Å². The van der Waals surface area contributed by atoms with Crippen LogP contribution in [-0.2, 0) is 17.6 Å². The van der Waals surface area contributed by atoms with Crippen LogP contribution in [0.2, 0.25) is 5.02 Å². The molecule has 0 heterocycles. The first-order valence-corrected chi connectivity index (χ1v) is 6.33. The van der Waals surface area contributed by atoms with Crippen LogP contribution in [-0.4, -0.2) is 6.21 Å². The van der Waals surface area contributed by atoms with Gasteiger partial charge in [-0.2, -0.15) is 13.2 Å². The highest BCUT2D eigenvalue weighted by Crippen LogP contribution is 2.29. The van der Waals surface area contributed by atoms with Crippen LogP contribution >= 0.6 is 11.6 Å². The van der Waals surface area contributed by atoms with Gasteiger partial charge in [0.15, 0.2) is 0 Å². The van der Waals surface area contributed by atoms with Gasteiger partial charge in [0.1, 0.15) is 12.8 Å². The van der Waals surface area contributed by atoms with Crippen LogP contribution in [0.15, 0.2) is 53.7 Å². The largest absolute Gasteiger partial charge is 0.416 e. The zero-order chi connectivity index (χ0) is 15.3. The summed E-state index contributed by atoms with van der Waals surface area (Å²) in [7, 11) is 0. The van der Waals surface area contributed by atoms with Gasteiger partial charge in [-0.3, -0.25) is 0 Å². The Hall–Kier alpha value is -2.01. The van der Waals surface area contributed by atoms with Gasteiger partial charge in [0, 0.05) is 10.6 Å². The summed E-state index contributed by atoms with van der Waals surface area (Å²) in [5.74, 6) is 0. The molecular weight excluding hydrogens is 303 g/mol. The lowest BCUT2D eigenvalue weighted by Gasteiger charge is -2.07. The average Bonchev–Trinajstić information content (AvgIpc) is 2.45. The molecular formula is C15H10ClF3NO. The van der Waals surface area contributed by atoms with Crippen molar-refractivity contribution in [3.05, 3.63) is 70.2 Å². The molecule has 0 fully saturated rings. The van der Waals surface area contributed by atoms with Crippen LogP contribution in [0.25, 0.3) is 0 Å². The smallest absolute Gasteiger partial charge is 0.390 e. The molecule has 0 atom stereocenters. The molecule has 0 unspecified atom stereocenters. The lowest BCUT2D eigenvalue weighted by molar-refractivity contribution is -0.137. The molecule has 2 aromatic carbocycles. The maximum atomic E-state index is 12.5. The monoisotopic (exact) mass is 312 g/mol. The zero-order valence-electron chi connectivity index (χ0n) is 10.7. The third kappa shape index (κ3) is 4.79. The number of halogens is 4. The molecule has 0 aliphatic heterocycles. The van der Waals surface area contributed by atoms with Gasteiger partial charge in [0.05, 0.1) is 5.56 Å². The maximum absolute atomic E-state index is 12.5. The molecule has 0 saturated heterocycles. The highest BCUT2D eigenvalue weighted by molar-refractivity contribution is 6.30. The van der Waals surface area contributed by atoms with Crippen molar-refractivity contribution in [2.45, 2.75) is 12.8 Å². The van der Waals surface area contributed by atoms with Crippen molar-refractivity contribution < 1.29 is 18.0 Å². The number of hydrogen-bond acceptors (Lipinski definition) is 2. The highest BCUT2D eigenvalue weighted by Gasteiger charge is 2.30. The van der Waals surface area contributed by atoms with E-state index in [9.17, 15) is 13.2 Å². The molecule has 21 heavy (non-hydrogen) atoms. The molecule has 2 rings (SSSR count). The van der Waals surface area contributed by atoms with Gasteiger partial charge >= 0.3 is 6.18 Å². The summed E-state index contributed by atoms with van der Waals surface area (Å²) in [6, 6.07) is 11.6. The first-order chi connectivity index (χ1) is 9.95. The summed E-state index contributed by atoms with van der Waals surface area (Å²) >= 11 is 5.72. The molecule has 0 N–H and O–H groups in total. The predicted octanol–water partition coefficient (Wildman–Crippen LogP) is 4.79. The number of nitrogens with zero attached hydrogens (tertiary/aromatic N) is 1. The van der Waals surface area contributed by atoms with E-state index in [0.717, 1.165) is 12.1 Å². The van der Waals surface area contributed by atoms with E-state index in [2.05, 4.69) is 11.4 Å². The van der Waals surface area contributed by atoms with Crippen molar-refractivity contribution in [2.75, 3.05) is 0 Å². The third-order valence-electron chi connectivity index (χ3n) is 2.57. The van der Waals surface area contributed by atoms with E-state index < -0.39 is 11.7 Å². The normalized spacial score (nSPS) is 11.8. The summed E-state index contributed by atoms with van der Waals surface area (Å²) in [5, 5.41) is 4.17. The lowest BCUT2D eigenvalue weighted by Crippen LogP contribution is -2.05. The van der Waals surface area contributed by atoms with Crippen LogP contribution in [0.3, 0.4) is 0 Å². The Kier molecular flexibility index (Phi) is 4.85. The number of hydrogen-bond donors (Lipinski definition) is 0. The summed E-state index contributed by atoms with van der Waals surface area (Å²) in [5.41, 5.74) is 0.323. The van der Waals surface area contributed by atoms with Crippen molar-refractivity contribution in [2.24, 2.45) is 5.16 Å². The topological polar surface area (TPSA) is 21.6 Å². The molecule has 6 heteroatoms. The molecule has 0 aliphatic rings. The second-order valence-corrected chi connectivity index (χ2v) is 4.62. The van der Waals surface area contributed by atoms with Gasteiger partial charge in [0.25, 0.3) is 0 Å². The van der Waals surface area contributed by atoms with E-state index in [0.29, 0.717) is 16.1 Å². The molecule has 1 radical (unpaired) electrons. The molecule has 0 amide bonds. The van der Waals surface area contributed by atoms with Crippen LogP contribution in [0.4, 0.5) is 13.2 Å². The minimum atomic E-state index is -4.37. The Morgan fingerprint density at radius 1 is 1.10 bits per heavy atom. The Morgan fingerprint density at radius 3 is 2.48 bits per heavy atom. The Morgan fingerprint density at radius 2 is 1.81 bits per heavy atom. The number of rotatable bonds is 4. The van der Waals surface area contributed by atoms with Crippen molar-refractivity contribution >= 4 is 17.8 Å². The van der Waals surface area contributed by atoms with Gasteiger partial charge in [-0.15, -0.1) is 0 Å². The molecule has 0 aliphatic carbocycles. The summed E-state index contributed by atoms with van der Waals surface area (Å²) in [6.45, 7) is -0.0650. The van der Waals surface area contributed by atoms with Crippen molar-refractivity contribution in [3.8, 4) is 0 Å². The SMILES string of the molecule is FC(F)(F)c1cccc(CO/N=[C]\c2ccc(Cl)cc2)c1. The van der Waals surface area contributed by atoms with Crippen LogP contribution in [0, 0.1) is 0 Å². The van der Waals surface area contributed by atoms with E-state index in [1.165, 1.54) is 12.1 Å². The molecule has 0 bridgehead atoms. The van der Waals surface area contributed by atoms with Crippen LogP contribution < -0.4 is 0 Å². The van der Waals surface area contributed by atoms with E-state index in [1.54, 1.807) is 24.3 Å². The Bertz CT molecular complexity index is 624. The fourth-order valence-electron chi connectivity index (χ4n) is 1.55. The summed E-state index contributed by atoms with van der Waals surface area (Å²) in [4.78, 5) is 4.94. The Balaban J connectivity index is 1.93. The van der Waals surface area contributed by atoms with Crippen molar-refractivity contribution in [3.63, 3.8) is 0 Å². The van der Waals surface area contributed by atoms with Gasteiger partial charge in [0.2, 0.25) is 0 Å². The second-order valence-electron chi connectivity index (χ2n) is 4.18. The minimum absolute atomic E-state index is 0.0650. The van der Waals surface area contributed by atoms with Crippen LogP contribution in [0.1, 0.15) is 16.7 Å². The molecule has 109 valence electrons.